The Balaban J connectivity index is 1.65. The highest BCUT2D eigenvalue weighted by molar-refractivity contribution is 7.18. The number of hydrogen-bond acceptors (Lipinski definition) is 6. The second-order valence-corrected chi connectivity index (χ2v) is 7.30. The van der Waals surface area contributed by atoms with E-state index in [1.165, 1.54) is 11.3 Å². The van der Waals surface area contributed by atoms with Gasteiger partial charge in [-0.1, -0.05) is 18.2 Å². The van der Waals surface area contributed by atoms with Crippen LogP contribution in [0.1, 0.15) is 39.7 Å². The van der Waals surface area contributed by atoms with Gasteiger partial charge in [-0.15, -0.1) is 11.3 Å². The number of amides is 1. The van der Waals surface area contributed by atoms with Crippen LogP contribution in [-0.2, 0) is 9.53 Å². The van der Waals surface area contributed by atoms with Crippen LogP contribution in [0.4, 0.5) is 0 Å². The molecule has 1 aromatic carbocycles. The van der Waals surface area contributed by atoms with E-state index in [-0.39, 0.29) is 23.8 Å². The van der Waals surface area contributed by atoms with Crippen LogP contribution in [0.5, 0.6) is 0 Å². The lowest BCUT2D eigenvalue weighted by atomic mass is 10.2. The molecule has 0 bridgehead atoms. The van der Waals surface area contributed by atoms with Crippen molar-refractivity contribution in [3.8, 4) is 0 Å². The second kappa shape index (κ2) is 7.71. The molecule has 0 aliphatic carbocycles. The molecule has 0 saturated heterocycles. The Labute approximate surface area is 159 Å². The average molecular weight is 385 g/mol. The summed E-state index contributed by atoms with van der Waals surface area (Å²) in [6, 6.07) is 8.58. The van der Waals surface area contributed by atoms with E-state index >= 15 is 0 Å². The number of aromatic amines is 1. The fourth-order valence-electron chi connectivity index (χ4n) is 2.60. The molecule has 140 valence electrons. The second-order valence-electron chi connectivity index (χ2n) is 6.10. The highest BCUT2D eigenvalue weighted by atomic mass is 32.1. The van der Waals surface area contributed by atoms with E-state index < -0.39 is 12.1 Å². The van der Waals surface area contributed by atoms with Gasteiger partial charge in [0.2, 0.25) is 0 Å². The third kappa shape index (κ3) is 4.06. The molecule has 0 aliphatic rings. The Morgan fingerprint density at radius 2 is 1.96 bits per heavy atom. The van der Waals surface area contributed by atoms with Crippen LogP contribution in [0.25, 0.3) is 10.2 Å². The smallest absolute Gasteiger partial charge is 0.326 e. The van der Waals surface area contributed by atoms with Crippen LogP contribution >= 0.6 is 11.3 Å². The quantitative estimate of drug-likeness (QED) is 0.658. The molecule has 7 nitrogen and oxygen atoms in total. The lowest BCUT2D eigenvalue weighted by Crippen LogP contribution is -2.31. The number of esters is 1. The third-order valence-corrected chi connectivity index (χ3v) is 5.28. The summed E-state index contributed by atoms with van der Waals surface area (Å²) in [5.41, 5.74) is 1.11. The van der Waals surface area contributed by atoms with Gasteiger partial charge in [-0.05, 0) is 38.5 Å². The number of benzene rings is 1. The summed E-state index contributed by atoms with van der Waals surface area (Å²) in [4.78, 5) is 45.0. The maximum atomic E-state index is 12.3. The van der Waals surface area contributed by atoms with Crippen molar-refractivity contribution in [3.63, 3.8) is 0 Å². The van der Waals surface area contributed by atoms with Gasteiger partial charge in [-0.25, -0.2) is 4.98 Å². The first-order valence-corrected chi connectivity index (χ1v) is 9.21. The largest absolute Gasteiger partial charge is 0.453 e. The van der Waals surface area contributed by atoms with Crippen LogP contribution in [0.3, 0.4) is 0 Å². The van der Waals surface area contributed by atoms with Gasteiger partial charge in [0, 0.05) is 10.4 Å². The Morgan fingerprint density at radius 1 is 1.26 bits per heavy atom. The number of nitrogens with one attached hydrogen (secondary N) is 2. The van der Waals surface area contributed by atoms with Crippen molar-refractivity contribution in [2.75, 3.05) is 6.54 Å². The fourth-order valence-corrected chi connectivity index (χ4v) is 3.64. The van der Waals surface area contributed by atoms with E-state index in [0.29, 0.717) is 15.8 Å². The molecule has 3 rings (SSSR count). The number of rotatable bonds is 5. The zero-order valence-electron chi connectivity index (χ0n) is 15.2. The number of hydrogen-bond donors (Lipinski definition) is 2. The topological polar surface area (TPSA) is 101 Å². The number of aryl methyl sites for hydroxylation is 2. The molecule has 0 unspecified atom stereocenters. The van der Waals surface area contributed by atoms with Crippen LogP contribution in [0.2, 0.25) is 0 Å². The van der Waals surface area contributed by atoms with Crippen LogP contribution in [-0.4, -0.2) is 28.4 Å². The minimum atomic E-state index is -0.745. The van der Waals surface area contributed by atoms with Crippen molar-refractivity contribution < 1.29 is 14.3 Å². The van der Waals surface area contributed by atoms with E-state index in [0.717, 1.165) is 10.4 Å². The first-order valence-electron chi connectivity index (χ1n) is 8.39. The van der Waals surface area contributed by atoms with Crippen LogP contribution in [0, 0.1) is 13.8 Å². The van der Waals surface area contributed by atoms with Crippen molar-refractivity contribution in [1.29, 1.82) is 0 Å². The van der Waals surface area contributed by atoms with E-state index in [9.17, 15) is 14.4 Å². The number of carbonyl (C=O) groups excluding carboxylic acids is 2. The molecule has 1 atom stereocenters. The van der Waals surface area contributed by atoms with Crippen molar-refractivity contribution in [2.24, 2.45) is 0 Å². The molecule has 2 aromatic heterocycles. The molecule has 8 heteroatoms. The Hall–Kier alpha value is -3.00. The summed E-state index contributed by atoms with van der Waals surface area (Å²) in [7, 11) is 0. The Bertz CT molecular complexity index is 1060. The first-order chi connectivity index (χ1) is 12.9. The van der Waals surface area contributed by atoms with E-state index in [2.05, 4.69) is 15.3 Å². The normalized spacial score (nSPS) is 12.0. The number of nitrogens with zero attached hydrogens (tertiary/aromatic N) is 1. The number of aromatic nitrogens is 2. The summed E-state index contributed by atoms with van der Waals surface area (Å²) in [5, 5.41) is 3.07. The molecular weight excluding hydrogens is 366 g/mol. The highest BCUT2D eigenvalue weighted by Gasteiger charge is 2.18. The predicted molar refractivity (Wildman–Crippen MR) is 103 cm³/mol. The molecule has 27 heavy (non-hydrogen) atoms. The molecule has 0 fully saturated rings. The molecule has 0 saturated carbocycles. The molecule has 0 radical (unpaired) electrons. The lowest BCUT2D eigenvalue weighted by Gasteiger charge is -2.13. The minimum absolute atomic E-state index is 0.253. The highest BCUT2D eigenvalue weighted by Crippen LogP contribution is 2.26. The molecule has 2 N–H and O–H groups in total. The summed E-state index contributed by atoms with van der Waals surface area (Å²) in [5.74, 6) is -0.706. The number of carbonyl (C=O) groups is 2. The van der Waals surface area contributed by atoms with Gasteiger partial charge < -0.3 is 15.0 Å². The van der Waals surface area contributed by atoms with Crippen LogP contribution in [0.15, 0.2) is 35.1 Å². The van der Waals surface area contributed by atoms with E-state index in [1.54, 1.807) is 37.3 Å². The molecule has 2 heterocycles. The Morgan fingerprint density at radius 3 is 2.67 bits per heavy atom. The van der Waals surface area contributed by atoms with E-state index in [1.807, 2.05) is 13.8 Å². The Kier molecular flexibility index (Phi) is 5.36. The van der Waals surface area contributed by atoms with Gasteiger partial charge >= 0.3 is 5.97 Å². The minimum Gasteiger partial charge on any atom is -0.453 e. The molecular formula is C19H19N3O4S. The van der Waals surface area contributed by atoms with Crippen LogP contribution < -0.4 is 10.9 Å². The predicted octanol–water partition coefficient (Wildman–Crippen LogP) is 2.64. The number of thiophene rings is 1. The monoisotopic (exact) mass is 385 g/mol. The molecule has 0 spiro atoms. The van der Waals surface area contributed by atoms with Gasteiger partial charge in [0.25, 0.3) is 11.5 Å². The van der Waals surface area contributed by atoms with E-state index in [4.69, 9.17) is 4.74 Å². The maximum Gasteiger partial charge on any atom is 0.326 e. The standard InChI is InChI=1S/C19H19N3O4S/c1-10-12(3)27-19-15(10)18(25)21-16(22-19)11(2)26-14(23)9-20-17(24)13-7-5-4-6-8-13/h4-8,11H,9H2,1-3H3,(H,20,24)(H,21,22,25)/t11-/m1/s1. The first kappa shape index (κ1) is 18.8. The number of ether oxygens (including phenoxy) is 1. The zero-order chi connectivity index (χ0) is 19.6. The molecule has 3 aromatic rings. The molecule has 1 amide bonds. The van der Waals surface area contributed by atoms with Crippen molar-refractivity contribution in [2.45, 2.75) is 26.9 Å². The summed E-state index contributed by atoms with van der Waals surface area (Å²) in [6.45, 7) is 5.15. The summed E-state index contributed by atoms with van der Waals surface area (Å²) in [6.07, 6.45) is -0.745. The molecule has 0 aliphatic heterocycles. The number of H-pyrrole nitrogens is 1. The maximum absolute atomic E-state index is 12.3. The summed E-state index contributed by atoms with van der Waals surface area (Å²) < 4.78 is 5.28. The lowest BCUT2D eigenvalue weighted by molar-refractivity contribution is -0.147. The summed E-state index contributed by atoms with van der Waals surface area (Å²) >= 11 is 1.43. The van der Waals surface area contributed by atoms with Crippen molar-refractivity contribution in [1.82, 2.24) is 15.3 Å². The average Bonchev–Trinajstić information content (AvgIpc) is 2.94. The third-order valence-electron chi connectivity index (χ3n) is 4.18. The van der Waals surface area contributed by atoms with Gasteiger partial charge in [0.1, 0.15) is 11.4 Å². The SMILES string of the molecule is Cc1sc2nc([C@@H](C)OC(=O)CNC(=O)c3ccccc3)[nH]c(=O)c2c1C. The van der Waals surface area contributed by atoms with Gasteiger partial charge in [-0.2, -0.15) is 0 Å². The van der Waals surface area contributed by atoms with Gasteiger partial charge in [-0.3, -0.25) is 14.4 Å². The van der Waals surface area contributed by atoms with Gasteiger partial charge in [0.15, 0.2) is 11.9 Å². The fraction of sp³-hybridized carbons (Fsp3) is 0.263. The number of fused-ring (bicyclic) bond motifs is 1. The van der Waals surface area contributed by atoms with Crippen molar-refractivity contribution >= 4 is 33.4 Å². The van der Waals surface area contributed by atoms with Gasteiger partial charge in [0.05, 0.1) is 5.39 Å². The van der Waals surface area contributed by atoms with Crippen molar-refractivity contribution in [3.05, 3.63) is 62.5 Å². The zero-order valence-corrected chi connectivity index (χ0v) is 16.0.